The quantitative estimate of drug-likeness (QED) is 0.522. The molecular weight excluding hydrogens is 360 g/mol. The van der Waals surface area contributed by atoms with E-state index in [-0.39, 0.29) is 16.7 Å². The van der Waals surface area contributed by atoms with Gasteiger partial charge < -0.3 is 5.11 Å². The number of hydrogen-bond donors (Lipinski definition) is 2. The number of carbonyl (C=O) groups is 1. The van der Waals surface area contributed by atoms with Crippen LogP contribution in [0.5, 0.6) is 5.75 Å². The molecule has 0 aliphatic rings. The van der Waals surface area contributed by atoms with E-state index in [0.29, 0.717) is 18.6 Å². The van der Waals surface area contributed by atoms with Crippen LogP contribution < -0.4 is 5.43 Å². The average Bonchev–Trinajstić information content (AvgIpc) is 2.64. The lowest BCUT2D eigenvalue weighted by Crippen LogP contribution is -2.20. The van der Waals surface area contributed by atoms with Crippen molar-refractivity contribution in [3.63, 3.8) is 0 Å². The largest absolute Gasteiger partial charge is 0.507 e. The highest BCUT2D eigenvalue weighted by molar-refractivity contribution is 5.99. The number of rotatable bonds is 5. The summed E-state index contributed by atoms with van der Waals surface area (Å²) in [5.74, 6) is 0.240. The minimum Gasteiger partial charge on any atom is -0.507 e. The van der Waals surface area contributed by atoms with Crippen LogP contribution in [-0.2, 0) is 22.0 Å². The van der Waals surface area contributed by atoms with Crippen LogP contribution in [0.25, 0.3) is 0 Å². The second kappa shape index (κ2) is 8.81. The van der Waals surface area contributed by atoms with Crippen LogP contribution in [0, 0.1) is 0 Å². The van der Waals surface area contributed by atoms with Crippen LogP contribution in [0.1, 0.15) is 77.1 Å². The Morgan fingerprint density at radius 3 is 1.97 bits per heavy atom. The van der Waals surface area contributed by atoms with Crippen molar-refractivity contribution in [3.8, 4) is 5.75 Å². The highest BCUT2D eigenvalue weighted by Gasteiger charge is 2.26. The van der Waals surface area contributed by atoms with Gasteiger partial charge in [0.15, 0.2) is 0 Å². The number of phenolic OH excluding ortho intramolecular Hbond substituents is 1. The number of benzene rings is 2. The summed E-state index contributed by atoms with van der Waals surface area (Å²) in [4.78, 5) is 12.3. The average molecular weight is 395 g/mol. The summed E-state index contributed by atoms with van der Waals surface area (Å²) >= 11 is 0. The van der Waals surface area contributed by atoms with E-state index in [2.05, 4.69) is 52.1 Å². The zero-order valence-electron chi connectivity index (χ0n) is 18.8. The van der Waals surface area contributed by atoms with E-state index in [1.54, 1.807) is 0 Å². The zero-order valence-corrected chi connectivity index (χ0v) is 18.8. The van der Waals surface area contributed by atoms with Gasteiger partial charge in [-0.3, -0.25) is 4.79 Å². The first kappa shape index (κ1) is 22.7. The van der Waals surface area contributed by atoms with Crippen molar-refractivity contribution >= 4 is 11.6 Å². The molecule has 0 atom stereocenters. The molecule has 2 aromatic rings. The molecule has 0 spiro atoms. The topological polar surface area (TPSA) is 61.7 Å². The summed E-state index contributed by atoms with van der Waals surface area (Å²) in [5, 5.41) is 15.0. The predicted octanol–water partition coefficient (Wildman–Crippen LogP) is 5.46. The molecule has 0 heterocycles. The van der Waals surface area contributed by atoms with E-state index in [4.69, 9.17) is 0 Å². The lowest BCUT2D eigenvalue weighted by Gasteiger charge is -2.28. The fourth-order valence-corrected chi connectivity index (χ4v) is 3.19. The second-order valence-electron chi connectivity index (χ2n) is 9.64. The number of aryl methyl sites for hydroxylation is 1. The summed E-state index contributed by atoms with van der Waals surface area (Å²) in [7, 11) is 0. The number of hydrogen-bond acceptors (Lipinski definition) is 3. The summed E-state index contributed by atoms with van der Waals surface area (Å²) < 4.78 is 0. The maximum Gasteiger partial charge on any atom is 0.240 e. The lowest BCUT2D eigenvalue weighted by molar-refractivity contribution is -0.121. The van der Waals surface area contributed by atoms with Crippen molar-refractivity contribution in [3.05, 3.63) is 64.7 Å². The molecule has 29 heavy (non-hydrogen) atoms. The van der Waals surface area contributed by atoms with E-state index >= 15 is 0 Å². The lowest BCUT2D eigenvalue weighted by atomic mass is 9.78. The van der Waals surface area contributed by atoms with Gasteiger partial charge >= 0.3 is 0 Å². The Morgan fingerprint density at radius 2 is 1.48 bits per heavy atom. The molecule has 0 radical (unpaired) electrons. The maximum atomic E-state index is 12.3. The van der Waals surface area contributed by atoms with Crippen molar-refractivity contribution in [2.75, 3.05) is 0 Å². The molecule has 0 saturated heterocycles. The van der Waals surface area contributed by atoms with Gasteiger partial charge in [0, 0.05) is 6.42 Å². The Kier molecular flexibility index (Phi) is 6.89. The first-order valence-corrected chi connectivity index (χ1v) is 10.1. The molecule has 0 fully saturated rings. The number of hydrazone groups is 1. The molecular formula is C25H34N2O2. The van der Waals surface area contributed by atoms with E-state index < -0.39 is 0 Å². The SMILES string of the molecule is C/C(=N\NC(=O)CCc1cc(C(C)(C)C)c(O)c(C(C)(C)C)c1)c1ccccc1. The van der Waals surface area contributed by atoms with Crippen molar-refractivity contribution < 1.29 is 9.90 Å². The number of phenols is 1. The number of nitrogens with zero attached hydrogens (tertiary/aromatic N) is 1. The van der Waals surface area contributed by atoms with Gasteiger partial charge in [0.2, 0.25) is 5.91 Å². The molecule has 0 bridgehead atoms. The van der Waals surface area contributed by atoms with Crippen molar-refractivity contribution in [1.82, 2.24) is 5.43 Å². The minimum absolute atomic E-state index is 0.122. The predicted molar refractivity (Wildman–Crippen MR) is 121 cm³/mol. The van der Waals surface area contributed by atoms with Gasteiger partial charge in [-0.1, -0.05) is 84.0 Å². The fraction of sp³-hybridized carbons (Fsp3) is 0.440. The molecule has 2 rings (SSSR count). The van der Waals surface area contributed by atoms with Crippen molar-refractivity contribution in [2.45, 2.75) is 72.1 Å². The van der Waals surface area contributed by atoms with Gasteiger partial charge in [0.05, 0.1) is 5.71 Å². The molecule has 0 aliphatic heterocycles. The summed E-state index contributed by atoms with van der Waals surface area (Å²) in [5.41, 5.74) is 6.93. The molecule has 0 aromatic heterocycles. The van der Waals surface area contributed by atoms with Gasteiger partial charge in [-0.15, -0.1) is 0 Å². The molecule has 0 aliphatic carbocycles. The van der Waals surface area contributed by atoms with Gasteiger partial charge in [0.1, 0.15) is 5.75 Å². The third-order valence-electron chi connectivity index (χ3n) is 4.97. The number of nitrogens with one attached hydrogen (secondary N) is 1. The first-order chi connectivity index (χ1) is 13.4. The van der Waals surface area contributed by atoms with Crippen LogP contribution in [0.15, 0.2) is 47.6 Å². The van der Waals surface area contributed by atoms with E-state index in [1.807, 2.05) is 49.4 Å². The fourth-order valence-electron chi connectivity index (χ4n) is 3.19. The van der Waals surface area contributed by atoms with Crippen LogP contribution in [0.4, 0.5) is 0 Å². The third-order valence-corrected chi connectivity index (χ3v) is 4.97. The molecule has 2 N–H and O–H groups in total. The molecule has 0 saturated carbocycles. The van der Waals surface area contributed by atoms with E-state index in [1.165, 1.54) is 0 Å². The Labute approximate surface area is 175 Å². The number of amides is 1. The minimum atomic E-state index is -0.181. The first-order valence-electron chi connectivity index (χ1n) is 10.1. The Balaban J connectivity index is 2.14. The Bertz CT molecular complexity index is 850. The smallest absolute Gasteiger partial charge is 0.240 e. The van der Waals surface area contributed by atoms with Crippen molar-refractivity contribution in [2.24, 2.45) is 5.10 Å². The van der Waals surface area contributed by atoms with Crippen LogP contribution in [-0.4, -0.2) is 16.7 Å². The molecule has 2 aromatic carbocycles. The third kappa shape index (κ3) is 6.18. The normalized spacial score (nSPS) is 12.7. The summed E-state index contributed by atoms with van der Waals surface area (Å²) in [6.07, 6.45) is 0.932. The molecule has 4 nitrogen and oxygen atoms in total. The molecule has 156 valence electrons. The van der Waals surface area contributed by atoms with Gasteiger partial charge in [0.25, 0.3) is 0 Å². The number of carbonyl (C=O) groups excluding carboxylic acids is 1. The van der Waals surface area contributed by atoms with Crippen LogP contribution in [0.3, 0.4) is 0 Å². The maximum absolute atomic E-state index is 12.3. The van der Waals surface area contributed by atoms with Crippen LogP contribution >= 0.6 is 0 Å². The molecule has 0 unspecified atom stereocenters. The van der Waals surface area contributed by atoms with Gasteiger partial charge in [-0.05, 0) is 46.4 Å². The van der Waals surface area contributed by atoms with Gasteiger partial charge in [-0.25, -0.2) is 5.43 Å². The molecule has 4 heteroatoms. The summed E-state index contributed by atoms with van der Waals surface area (Å²) in [6, 6.07) is 13.8. The summed E-state index contributed by atoms with van der Waals surface area (Å²) in [6.45, 7) is 14.4. The second-order valence-corrected chi connectivity index (χ2v) is 9.64. The molecule has 1 amide bonds. The van der Waals surface area contributed by atoms with Gasteiger partial charge in [-0.2, -0.15) is 5.10 Å². The van der Waals surface area contributed by atoms with E-state index in [9.17, 15) is 9.90 Å². The highest BCUT2D eigenvalue weighted by Crippen LogP contribution is 2.39. The standard InChI is InChI=1S/C25H34N2O2/c1-17(19-11-9-8-10-12-19)26-27-22(28)14-13-18-15-20(24(2,3)4)23(29)21(16-18)25(5,6)7/h8-12,15-16,29H,13-14H2,1-7H3,(H,27,28)/b26-17+. The van der Waals surface area contributed by atoms with Crippen molar-refractivity contribution in [1.29, 1.82) is 0 Å². The Morgan fingerprint density at radius 1 is 0.966 bits per heavy atom. The highest BCUT2D eigenvalue weighted by atomic mass is 16.3. The zero-order chi connectivity index (χ0) is 21.8. The monoisotopic (exact) mass is 394 g/mol. The van der Waals surface area contributed by atoms with Crippen LogP contribution in [0.2, 0.25) is 0 Å². The van der Waals surface area contributed by atoms with E-state index in [0.717, 1.165) is 28.0 Å². The Hall–Kier alpha value is -2.62. The number of aromatic hydroxyl groups is 1.